The van der Waals surface area contributed by atoms with Gasteiger partial charge in [-0.2, -0.15) is 5.10 Å². The number of nitro benzene ring substituents is 1. The molecule has 2 rings (SSSR count). The van der Waals surface area contributed by atoms with Gasteiger partial charge in [0.1, 0.15) is 11.6 Å². The molecule has 8 nitrogen and oxygen atoms in total. The molecular weight excluding hydrogens is 371 g/mol. The van der Waals surface area contributed by atoms with Gasteiger partial charge in [0.2, 0.25) is 5.91 Å². The SMILES string of the molecule is O=C(Cn1ncc(Cl)c(Cl)c1=O)Nc1ccc([N+](=O)[O-])cc1Cl. The molecule has 11 heteroatoms. The zero-order valence-corrected chi connectivity index (χ0v) is 13.4. The smallest absolute Gasteiger partial charge is 0.287 e. The number of carbonyl (C=O) groups is 1. The van der Waals surface area contributed by atoms with Crippen molar-refractivity contribution in [3.63, 3.8) is 0 Å². The number of nitrogens with zero attached hydrogens (tertiary/aromatic N) is 3. The first-order valence-electron chi connectivity index (χ1n) is 5.94. The van der Waals surface area contributed by atoms with E-state index >= 15 is 0 Å². The van der Waals surface area contributed by atoms with Gasteiger partial charge in [-0.05, 0) is 6.07 Å². The third kappa shape index (κ3) is 3.98. The summed E-state index contributed by atoms with van der Waals surface area (Å²) in [4.78, 5) is 33.7. The molecule has 1 amide bonds. The van der Waals surface area contributed by atoms with E-state index in [-0.39, 0.29) is 26.4 Å². The lowest BCUT2D eigenvalue weighted by atomic mass is 10.3. The van der Waals surface area contributed by atoms with E-state index in [1.807, 2.05) is 0 Å². The third-order valence-electron chi connectivity index (χ3n) is 2.67. The molecule has 0 aliphatic carbocycles. The summed E-state index contributed by atoms with van der Waals surface area (Å²) in [6, 6.07) is 3.56. The molecular formula is C12H7Cl3N4O4. The molecule has 23 heavy (non-hydrogen) atoms. The molecule has 0 aliphatic rings. The minimum absolute atomic E-state index is 0.0120. The summed E-state index contributed by atoms with van der Waals surface area (Å²) in [5.74, 6) is -0.617. The highest BCUT2D eigenvalue weighted by Gasteiger charge is 2.14. The number of benzene rings is 1. The van der Waals surface area contributed by atoms with Crippen LogP contribution in [0.4, 0.5) is 11.4 Å². The molecule has 0 saturated heterocycles. The Morgan fingerprint density at radius 1 is 1.30 bits per heavy atom. The molecule has 0 unspecified atom stereocenters. The molecule has 1 aromatic heterocycles. The number of rotatable bonds is 4. The van der Waals surface area contributed by atoms with E-state index in [1.54, 1.807) is 0 Å². The maximum absolute atomic E-state index is 11.9. The molecule has 1 N–H and O–H groups in total. The Bertz CT molecular complexity index is 853. The van der Waals surface area contributed by atoms with Crippen molar-refractivity contribution < 1.29 is 9.72 Å². The number of anilines is 1. The number of carbonyl (C=O) groups excluding carboxylic acids is 1. The molecule has 2 aromatic rings. The highest BCUT2D eigenvalue weighted by molar-refractivity contribution is 6.41. The molecule has 1 heterocycles. The number of amides is 1. The fourth-order valence-corrected chi connectivity index (χ4v) is 2.10. The standard InChI is InChI=1S/C12H7Cl3N4O4/c13-7-3-6(19(22)23)1-2-9(7)17-10(20)5-18-12(21)11(15)8(14)4-16-18/h1-4H,5H2,(H,17,20). The van der Waals surface area contributed by atoms with Crippen molar-refractivity contribution >= 4 is 52.1 Å². The maximum atomic E-state index is 11.9. The Morgan fingerprint density at radius 3 is 2.61 bits per heavy atom. The van der Waals surface area contributed by atoms with Crippen LogP contribution < -0.4 is 10.9 Å². The first kappa shape index (κ1) is 17.2. The fraction of sp³-hybridized carbons (Fsp3) is 0.0833. The van der Waals surface area contributed by atoms with Gasteiger partial charge in [-0.3, -0.25) is 19.7 Å². The summed E-state index contributed by atoms with van der Waals surface area (Å²) in [6.45, 7) is -0.428. The number of hydrogen-bond donors (Lipinski definition) is 1. The number of halogens is 3. The summed E-state index contributed by atoms with van der Waals surface area (Å²) in [5.41, 5.74) is -0.769. The number of nitrogens with one attached hydrogen (secondary N) is 1. The Labute approximate surface area is 143 Å². The summed E-state index contributed by atoms with van der Waals surface area (Å²) >= 11 is 17.2. The Hall–Kier alpha value is -2.16. The summed E-state index contributed by atoms with van der Waals surface area (Å²) in [6.07, 6.45) is 1.14. The fourth-order valence-electron chi connectivity index (χ4n) is 1.60. The average molecular weight is 378 g/mol. The van der Waals surface area contributed by atoms with E-state index in [9.17, 15) is 19.7 Å². The van der Waals surface area contributed by atoms with Gasteiger partial charge >= 0.3 is 0 Å². The van der Waals surface area contributed by atoms with Crippen LogP contribution in [0.15, 0.2) is 29.2 Å². The Morgan fingerprint density at radius 2 is 2.00 bits per heavy atom. The third-order valence-corrected chi connectivity index (χ3v) is 3.73. The van der Waals surface area contributed by atoms with Crippen LogP contribution in [0.5, 0.6) is 0 Å². The largest absolute Gasteiger partial charge is 0.323 e. The highest BCUT2D eigenvalue weighted by atomic mass is 35.5. The normalized spacial score (nSPS) is 10.4. The van der Waals surface area contributed by atoms with Crippen molar-refractivity contribution in [2.45, 2.75) is 6.54 Å². The number of non-ortho nitro benzene ring substituents is 1. The van der Waals surface area contributed by atoms with Gasteiger partial charge in [-0.25, -0.2) is 4.68 Å². The topological polar surface area (TPSA) is 107 Å². The number of nitro groups is 1. The number of hydrogen-bond acceptors (Lipinski definition) is 5. The minimum atomic E-state index is -0.718. The van der Waals surface area contributed by atoms with E-state index in [1.165, 1.54) is 12.1 Å². The van der Waals surface area contributed by atoms with Crippen molar-refractivity contribution in [2.24, 2.45) is 0 Å². The first-order chi connectivity index (χ1) is 10.8. The predicted molar refractivity (Wildman–Crippen MR) is 85.3 cm³/mol. The van der Waals surface area contributed by atoms with E-state index in [2.05, 4.69) is 10.4 Å². The second-order valence-corrected chi connectivity index (χ2v) is 5.43. The van der Waals surface area contributed by atoms with Crippen molar-refractivity contribution in [1.82, 2.24) is 9.78 Å². The lowest BCUT2D eigenvalue weighted by Gasteiger charge is -2.08. The Kier molecular flexibility index (Phi) is 5.19. The van der Waals surface area contributed by atoms with Crippen LogP contribution in [0, 0.1) is 10.1 Å². The summed E-state index contributed by atoms with van der Waals surface area (Å²) < 4.78 is 0.822. The lowest BCUT2D eigenvalue weighted by molar-refractivity contribution is -0.384. The first-order valence-corrected chi connectivity index (χ1v) is 7.08. The van der Waals surface area contributed by atoms with Crippen LogP contribution in [0.25, 0.3) is 0 Å². The molecule has 0 aliphatic heterocycles. The van der Waals surface area contributed by atoms with E-state index in [0.29, 0.717) is 0 Å². The second-order valence-electron chi connectivity index (χ2n) is 4.24. The predicted octanol–water partition coefficient (Wildman–Crippen LogP) is 2.75. The van der Waals surface area contributed by atoms with E-state index in [0.717, 1.165) is 16.9 Å². The van der Waals surface area contributed by atoms with E-state index in [4.69, 9.17) is 34.8 Å². The quantitative estimate of drug-likeness (QED) is 0.651. The molecule has 0 spiro atoms. The van der Waals surface area contributed by atoms with E-state index < -0.39 is 22.9 Å². The molecule has 0 fully saturated rings. The van der Waals surface area contributed by atoms with Gasteiger partial charge in [0.15, 0.2) is 0 Å². The van der Waals surface area contributed by atoms with Crippen molar-refractivity contribution in [1.29, 1.82) is 0 Å². The second kappa shape index (κ2) is 6.95. The highest BCUT2D eigenvalue weighted by Crippen LogP contribution is 2.26. The minimum Gasteiger partial charge on any atom is -0.323 e. The monoisotopic (exact) mass is 376 g/mol. The van der Waals surface area contributed by atoms with Gasteiger partial charge in [0.05, 0.1) is 26.9 Å². The van der Waals surface area contributed by atoms with Gasteiger partial charge in [-0.1, -0.05) is 34.8 Å². The molecule has 0 saturated carbocycles. The molecule has 0 atom stereocenters. The zero-order chi connectivity index (χ0) is 17.1. The van der Waals surface area contributed by atoms with Gasteiger partial charge < -0.3 is 5.32 Å². The van der Waals surface area contributed by atoms with Gasteiger partial charge in [0, 0.05) is 12.1 Å². The molecule has 120 valence electrons. The van der Waals surface area contributed by atoms with Crippen molar-refractivity contribution in [3.8, 4) is 0 Å². The van der Waals surface area contributed by atoms with Crippen LogP contribution in [0.3, 0.4) is 0 Å². The van der Waals surface area contributed by atoms with Crippen LogP contribution in [-0.2, 0) is 11.3 Å². The Balaban J connectivity index is 2.16. The maximum Gasteiger partial charge on any atom is 0.287 e. The average Bonchev–Trinajstić information content (AvgIpc) is 2.49. The van der Waals surface area contributed by atoms with Crippen LogP contribution >= 0.6 is 34.8 Å². The van der Waals surface area contributed by atoms with Gasteiger partial charge in [0.25, 0.3) is 11.2 Å². The molecule has 0 radical (unpaired) electrons. The number of aromatic nitrogens is 2. The zero-order valence-electron chi connectivity index (χ0n) is 11.1. The van der Waals surface area contributed by atoms with Crippen molar-refractivity contribution in [2.75, 3.05) is 5.32 Å². The molecule has 0 bridgehead atoms. The van der Waals surface area contributed by atoms with Crippen molar-refractivity contribution in [3.05, 3.63) is 59.9 Å². The summed E-state index contributed by atoms with van der Waals surface area (Å²) in [7, 11) is 0. The molecule has 1 aromatic carbocycles. The van der Waals surface area contributed by atoms with Crippen LogP contribution in [-0.4, -0.2) is 20.6 Å². The van der Waals surface area contributed by atoms with Crippen LogP contribution in [0.1, 0.15) is 0 Å². The van der Waals surface area contributed by atoms with Crippen LogP contribution in [0.2, 0.25) is 15.1 Å². The summed E-state index contributed by atoms with van der Waals surface area (Å²) in [5, 5.41) is 16.4. The lowest BCUT2D eigenvalue weighted by Crippen LogP contribution is -2.29. The van der Waals surface area contributed by atoms with Gasteiger partial charge in [-0.15, -0.1) is 0 Å².